The van der Waals surface area contributed by atoms with Gasteiger partial charge in [0.15, 0.2) is 0 Å². The predicted molar refractivity (Wildman–Crippen MR) is 79.3 cm³/mol. The Balaban J connectivity index is 2.27. The minimum Gasteiger partial charge on any atom is -0.491 e. The number of nitrogens with zero attached hydrogens (tertiary/aromatic N) is 3. The van der Waals surface area contributed by atoms with Crippen LogP contribution in [-0.4, -0.2) is 34.7 Å². The van der Waals surface area contributed by atoms with Gasteiger partial charge in [0.25, 0.3) is 5.69 Å². The van der Waals surface area contributed by atoms with E-state index in [1.807, 2.05) is 7.05 Å². The van der Waals surface area contributed by atoms with E-state index in [0.717, 1.165) is 13.0 Å². The lowest BCUT2D eigenvalue weighted by molar-refractivity contribution is -0.384. The largest absolute Gasteiger partial charge is 0.491 e. The van der Waals surface area contributed by atoms with Crippen molar-refractivity contribution in [3.8, 4) is 11.4 Å². The zero-order valence-electron chi connectivity index (χ0n) is 11.5. The molecule has 0 amide bonds. The summed E-state index contributed by atoms with van der Waals surface area (Å²) < 4.78 is 7.32. The first-order valence-corrected chi connectivity index (χ1v) is 6.75. The maximum absolute atomic E-state index is 10.9. The van der Waals surface area contributed by atoms with Gasteiger partial charge < -0.3 is 14.6 Å². The molecule has 112 valence electrons. The molecule has 0 spiro atoms. The van der Waals surface area contributed by atoms with E-state index >= 15 is 0 Å². The van der Waals surface area contributed by atoms with Crippen molar-refractivity contribution in [3.05, 3.63) is 46.0 Å². The lowest BCUT2D eigenvalue weighted by Crippen LogP contribution is -2.12. The summed E-state index contributed by atoms with van der Waals surface area (Å²) in [7, 11) is 1.85. The van der Waals surface area contributed by atoms with Crippen molar-refractivity contribution in [2.75, 3.05) is 20.2 Å². The number of ether oxygens (including phenoxy) is 1. The monoisotopic (exact) mass is 310 g/mol. The molecule has 1 aromatic carbocycles. The van der Waals surface area contributed by atoms with Crippen molar-refractivity contribution < 1.29 is 9.66 Å². The van der Waals surface area contributed by atoms with Crippen LogP contribution in [0.5, 0.6) is 5.75 Å². The molecule has 0 saturated heterocycles. The van der Waals surface area contributed by atoms with E-state index in [-0.39, 0.29) is 5.69 Å². The molecule has 2 aromatic rings. The van der Waals surface area contributed by atoms with Gasteiger partial charge in [0.1, 0.15) is 17.2 Å². The van der Waals surface area contributed by atoms with Crippen molar-refractivity contribution in [2.24, 2.45) is 0 Å². The second kappa shape index (κ2) is 7.05. The number of benzene rings is 1. The van der Waals surface area contributed by atoms with E-state index < -0.39 is 4.92 Å². The summed E-state index contributed by atoms with van der Waals surface area (Å²) in [5, 5.41) is 14.2. The molecule has 0 aliphatic rings. The SMILES string of the molecule is CNCCCOc1cc([N+](=O)[O-])ccc1-n1cnc(Cl)c1. The highest BCUT2D eigenvalue weighted by Crippen LogP contribution is 2.28. The van der Waals surface area contributed by atoms with Crippen LogP contribution in [0.4, 0.5) is 5.69 Å². The van der Waals surface area contributed by atoms with Crippen LogP contribution >= 0.6 is 11.6 Å². The Morgan fingerprint density at radius 3 is 2.95 bits per heavy atom. The third-order valence-electron chi connectivity index (χ3n) is 2.81. The second-order valence-corrected chi connectivity index (χ2v) is 4.71. The normalized spacial score (nSPS) is 10.6. The molecule has 0 aliphatic carbocycles. The van der Waals surface area contributed by atoms with Crippen LogP contribution in [0.25, 0.3) is 5.69 Å². The van der Waals surface area contributed by atoms with Gasteiger partial charge in [0, 0.05) is 12.3 Å². The van der Waals surface area contributed by atoms with Crippen molar-refractivity contribution in [2.45, 2.75) is 6.42 Å². The standard InChI is InChI=1S/C13H15ClN4O3/c1-15-5-2-6-21-12-7-10(18(19)20)3-4-11(12)17-8-13(14)16-9-17/h3-4,7-9,15H,2,5-6H2,1H3. The quantitative estimate of drug-likeness (QED) is 0.482. The van der Waals surface area contributed by atoms with Gasteiger partial charge in [-0.25, -0.2) is 4.98 Å². The fourth-order valence-corrected chi connectivity index (χ4v) is 1.96. The Bertz CT molecular complexity index is 630. The zero-order chi connectivity index (χ0) is 15.2. The Kier molecular flexibility index (Phi) is 5.13. The summed E-state index contributed by atoms with van der Waals surface area (Å²) >= 11 is 5.80. The number of nitro benzene ring substituents is 1. The van der Waals surface area contributed by atoms with E-state index in [1.54, 1.807) is 16.8 Å². The van der Waals surface area contributed by atoms with Crippen LogP contribution in [0.1, 0.15) is 6.42 Å². The highest BCUT2D eigenvalue weighted by Gasteiger charge is 2.13. The Hall–Kier alpha value is -2.12. The van der Waals surface area contributed by atoms with E-state index in [9.17, 15) is 10.1 Å². The molecule has 1 aromatic heterocycles. The number of aromatic nitrogens is 2. The first-order chi connectivity index (χ1) is 10.1. The van der Waals surface area contributed by atoms with Gasteiger partial charge >= 0.3 is 0 Å². The molecule has 0 saturated carbocycles. The smallest absolute Gasteiger partial charge is 0.273 e. The van der Waals surface area contributed by atoms with Gasteiger partial charge in [0.2, 0.25) is 0 Å². The number of rotatable bonds is 7. The molecule has 0 aliphatic heterocycles. The van der Waals surface area contributed by atoms with Crippen LogP contribution in [0.3, 0.4) is 0 Å². The van der Waals surface area contributed by atoms with Crippen LogP contribution in [-0.2, 0) is 0 Å². The van der Waals surface area contributed by atoms with Crippen molar-refractivity contribution >= 4 is 17.3 Å². The van der Waals surface area contributed by atoms with Gasteiger partial charge in [-0.05, 0) is 26.1 Å². The molecule has 0 atom stereocenters. The lowest BCUT2D eigenvalue weighted by Gasteiger charge is -2.11. The summed E-state index contributed by atoms with van der Waals surface area (Å²) in [5.41, 5.74) is 0.637. The first kappa shape index (κ1) is 15.3. The van der Waals surface area contributed by atoms with Crippen LogP contribution < -0.4 is 10.1 Å². The minimum absolute atomic E-state index is 0.0198. The third kappa shape index (κ3) is 3.93. The minimum atomic E-state index is -0.453. The number of halogens is 1. The maximum Gasteiger partial charge on any atom is 0.273 e. The molecule has 0 fully saturated rings. The van der Waals surface area contributed by atoms with E-state index in [2.05, 4.69) is 10.3 Å². The predicted octanol–water partition coefficient (Wildman–Crippen LogP) is 2.42. The molecule has 8 heteroatoms. The van der Waals surface area contributed by atoms with Crippen molar-refractivity contribution in [3.63, 3.8) is 0 Å². The van der Waals surface area contributed by atoms with Crippen molar-refractivity contribution in [1.29, 1.82) is 0 Å². The Labute approximate surface area is 126 Å². The molecule has 1 heterocycles. The molecule has 2 rings (SSSR count). The Morgan fingerprint density at radius 2 is 2.33 bits per heavy atom. The molecular weight excluding hydrogens is 296 g/mol. The summed E-state index contributed by atoms with van der Waals surface area (Å²) in [6, 6.07) is 4.44. The van der Waals surface area contributed by atoms with Crippen molar-refractivity contribution in [1.82, 2.24) is 14.9 Å². The number of hydrogen-bond acceptors (Lipinski definition) is 5. The summed E-state index contributed by atoms with van der Waals surface area (Å²) in [4.78, 5) is 14.4. The lowest BCUT2D eigenvalue weighted by atomic mass is 10.2. The molecule has 1 N–H and O–H groups in total. The molecule has 21 heavy (non-hydrogen) atoms. The number of nitro groups is 1. The third-order valence-corrected chi connectivity index (χ3v) is 3.01. The average Bonchev–Trinajstić information content (AvgIpc) is 2.89. The highest BCUT2D eigenvalue weighted by molar-refractivity contribution is 6.29. The maximum atomic E-state index is 10.9. The van der Waals surface area contributed by atoms with Gasteiger partial charge in [-0.15, -0.1) is 0 Å². The number of non-ortho nitro benzene ring substituents is 1. The second-order valence-electron chi connectivity index (χ2n) is 4.32. The fraction of sp³-hybridized carbons (Fsp3) is 0.308. The average molecular weight is 311 g/mol. The molecular formula is C13H15ClN4O3. The van der Waals surface area contributed by atoms with E-state index in [0.29, 0.717) is 23.2 Å². The van der Waals surface area contributed by atoms with Gasteiger partial charge in [-0.2, -0.15) is 0 Å². The molecule has 7 nitrogen and oxygen atoms in total. The topological polar surface area (TPSA) is 82.2 Å². The molecule has 0 unspecified atom stereocenters. The molecule has 0 bridgehead atoms. The van der Waals surface area contributed by atoms with Crippen LogP contribution in [0.15, 0.2) is 30.7 Å². The van der Waals surface area contributed by atoms with Gasteiger partial charge in [0.05, 0.1) is 23.3 Å². The summed E-state index contributed by atoms with van der Waals surface area (Å²) in [5.74, 6) is 0.425. The van der Waals surface area contributed by atoms with E-state index in [4.69, 9.17) is 16.3 Å². The Morgan fingerprint density at radius 1 is 1.52 bits per heavy atom. The van der Waals surface area contributed by atoms with Crippen LogP contribution in [0.2, 0.25) is 5.15 Å². The number of imidazole rings is 1. The van der Waals surface area contributed by atoms with Crippen LogP contribution in [0, 0.1) is 10.1 Å². The van der Waals surface area contributed by atoms with E-state index in [1.165, 1.54) is 18.5 Å². The zero-order valence-corrected chi connectivity index (χ0v) is 12.2. The summed E-state index contributed by atoms with van der Waals surface area (Å²) in [6.45, 7) is 1.26. The number of hydrogen-bond donors (Lipinski definition) is 1. The highest BCUT2D eigenvalue weighted by atomic mass is 35.5. The molecule has 0 radical (unpaired) electrons. The van der Waals surface area contributed by atoms with Gasteiger partial charge in [-0.3, -0.25) is 10.1 Å². The van der Waals surface area contributed by atoms with Gasteiger partial charge in [-0.1, -0.05) is 11.6 Å². The summed E-state index contributed by atoms with van der Waals surface area (Å²) in [6.07, 6.45) is 3.94. The fourth-order valence-electron chi connectivity index (χ4n) is 1.81. The first-order valence-electron chi connectivity index (χ1n) is 6.37. The number of nitrogens with one attached hydrogen (secondary N) is 1.